The van der Waals surface area contributed by atoms with E-state index >= 15 is 0 Å². The minimum absolute atomic E-state index is 0.785. The molecule has 0 aromatic rings. The molecule has 0 aromatic carbocycles. The zero-order valence-corrected chi connectivity index (χ0v) is 8.29. The number of fused-ring (bicyclic) bond motifs is 1. The van der Waals surface area contributed by atoms with Crippen molar-refractivity contribution < 1.29 is 0 Å². The van der Waals surface area contributed by atoms with Crippen LogP contribution in [0.2, 0.25) is 0 Å². The molecule has 2 aliphatic carbocycles. The first-order valence-corrected chi connectivity index (χ1v) is 5.40. The van der Waals surface area contributed by atoms with Gasteiger partial charge in [-0.1, -0.05) is 12.2 Å². The van der Waals surface area contributed by atoms with Crippen LogP contribution in [0.3, 0.4) is 0 Å². The number of hydrogen-bond donors (Lipinski definition) is 2. The van der Waals surface area contributed by atoms with Gasteiger partial charge in [0, 0.05) is 18.7 Å². The highest BCUT2D eigenvalue weighted by atomic mass is 14.9. The van der Waals surface area contributed by atoms with Crippen molar-refractivity contribution in [1.29, 1.82) is 0 Å². The van der Waals surface area contributed by atoms with Crippen LogP contribution in [-0.2, 0) is 0 Å². The Balaban J connectivity index is 1.76. The first-order valence-electron chi connectivity index (χ1n) is 5.40. The van der Waals surface area contributed by atoms with Crippen molar-refractivity contribution in [2.24, 2.45) is 17.6 Å². The van der Waals surface area contributed by atoms with Gasteiger partial charge in [0.25, 0.3) is 0 Å². The summed E-state index contributed by atoms with van der Waals surface area (Å²) in [5.41, 5.74) is 9.80. The number of nitrogens with two attached hydrogens (primary N) is 1. The first-order chi connectivity index (χ1) is 6.83. The predicted octanol–water partition coefficient (Wildman–Crippen LogP) is 1.32. The Bertz CT molecular complexity index is 349. The van der Waals surface area contributed by atoms with Crippen molar-refractivity contribution in [2.45, 2.75) is 12.8 Å². The molecule has 3 rings (SSSR count). The van der Waals surface area contributed by atoms with E-state index in [2.05, 4.69) is 17.5 Å². The fourth-order valence-electron chi connectivity index (χ4n) is 2.79. The summed E-state index contributed by atoms with van der Waals surface area (Å²) in [6.07, 6.45) is 8.92. The molecule has 1 heterocycles. The van der Waals surface area contributed by atoms with Crippen molar-refractivity contribution in [3.05, 3.63) is 35.1 Å². The highest BCUT2D eigenvalue weighted by Crippen LogP contribution is 2.38. The number of allylic oxidation sites excluding steroid dienone is 4. The molecule has 2 atom stereocenters. The molecule has 1 saturated heterocycles. The summed E-state index contributed by atoms with van der Waals surface area (Å²) in [6, 6.07) is 0. The van der Waals surface area contributed by atoms with Gasteiger partial charge in [-0.05, 0) is 42.0 Å². The van der Waals surface area contributed by atoms with Crippen LogP contribution in [0.15, 0.2) is 35.1 Å². The van der Waals surface area contributed by atoms with E-state index in [1.165, 1.54) is 25.1 Å². The van der Waals surface area contributed by atoms with Crippen LogP contribution in [0.4, 0.5) is 0 Å². The summed E-state index contributed by atoms with van der Waals surface area (Å²) < 4.78 is 0. The summed E-state index contributed by atoms with van der Waals surface area (Å²) in [5, 5.41) is 3.44. The van der Waals surface area contributed by atoms with Crippen LogP contribution in [0, 0.1) is 11.8 Å². The second-order valence-corrected chi connectivity index (χ2v) is 4.59. The molecule has 0 bridgehead atoms. The van der Waals surface area contributed by atoms with E-state index in [1.807, 2.05) is 6.08 Å². The van der Waals surface area contributed by atoms with E-state index in [0.29, 0.717) is 0 Å². The van der Waals surface area contributed by atoms with Crippen LogP contribution in [-0.4, -0.2) is 13.1 Å². The molecule has 0 saturated carbocycles. The minimum Gasteiger partial charge on any atom is -0.402 e. The van der Waals surface area contributed by atoms with Gasteiger partial charge < -0.3 is 11.1 Å². The lowest BCUT2D eigenvalue weighted by atomic mass is 9.98. The van der Waals surface area contributed by atoms with Gasteiger partial charge in [-0.2, -0.15) is 0 Å². The fraction of sp³-hybridized carbons (Fsp3) is 0.500. The van der Waals surface area contributed by atoms with Gasteiger partial charge in [0.1, 0.15) is 0 Å². The molecule has 1 fully saturated rings. The molecule has 0 radical (unpaired) electrons. The Kier molecular flexibility index (Phi) is 1.77. The Morgan fingerprint density at radius 1 is 1.21 bits per heavy atom. The highest BCUT2D eigenvalue weighted by Gasteiger charge is 2.32. The Morgan fingerprint density at radius 2 is 2.14 bits per heavy atom. The SMILES string of the molecule is NC1=CC=C(C2=CC3CNCC3C2)C1. The topological polar surface area (TPSA) is 38.0 Å². The molecule has 74 valence electrons. The minimum atomic E-state index is 0.785. The van der Waals surface area contributed by atoms with Gasteiger partial charge in [0.2, 0.25) is 0 Å². The molecule has 2 unspecified atom stereocenters. The van der Waals surface area contributed by atoms with Gasteiger partial charge in [0.05, 0.1) is 0 Å². The van der Waals surface area contributed by atoms with E-state index in [1.54, 1.807) is 5.57 Å². The van der Waals surface area contributed by atoms with Gasteiger partial charge in [-0.3, -0.25) is 0 Å². The summed E-state index contributed by atoms with van der Waals surface area (Å²) in [4.78, 5) is 0. The monoisotopic (exact) mass is 188 g/mol. The van der Waals surface area contributed by atoms with Crippen LogP contribution in [0.1, 0.15) is 12.8 Å². The molecule has 0 spiro atoms. The maximum absolute atomic E-state index is 5.78. The molecular weight excluding hydrogens is 172 g/mol. The van der Waals surface area contributed by atoms with Gasteiger partial charge >= 0.3 is 0 Å². The third-order valence-electron chi connectivity index (χ3n) is 3.60. The number of rotatable bonds is 1. The summed E-state index contributed by atoms with van der Waals surface area (Å²) in [7, 11) is 0. The lowest BCUT2D eigenvalue weighted by molar-refractivity contribution is 0.529. The van der Waals surface area contributed by atoms with E-state index in [4.69, 9.17) is 5.73 Å². The van der Waals surface area contributed by atoms with Crippen LogP contribution >= 0.6 is 0 Å². The molecule has 0 aromatic heterocycles. The van der Waals surface area contributed by atoms with E-state index in [-0.39, 0.29) is 0 Å². The largest absolute Gasteiger partial charge is 0.402 e. The highest BCUT2D eigenvalue weighted by molar-refractivity contribution is 5.44. The zero-order chi connectivity index (χ0) is 9.54. The fourth-order valence-corrected chi connectivity index (χ4v) is 2.79. The Morgan fingerprint density at radius 3 is 2.86 bits per heavy atom. The van der Waals surface area contributed by atoms with E-state index in [9.17, 15) is 0 Å². The van der Waals surface area contributed by atoms with E-state index < -0.39 is 0 Å². The molecule has 2 heteroatoms. The third kappa shape index (κ3) is 1.22. The van der Waals surface area contributed by atoms with Gasteiger partial charge in [-0.25, -0.2) is 0 Å². The smallest absolute Gasteiger partial charge is 0.0125 e. The van der Waals surface area contributed by atoms with E-state index in [0.717, 1.165) is 24.0 Å². The molecular formula is C12H16N2. The molecule has 1 aliphatic heterocycles. The maximum atomic E-state index is 5.78. The van der Waals surface area contributed by atoms with Crippen LogP contribution in [0.25, 0.3) is 0 Å². The number of nitrogens with one attached hydrogen (secondary N) is 1. The molecule has 14 heavy (non-hydrogen) atoms. The molecule has 2 nitrogen and oxygen atoms in total. The summed E-state index contributed by atoms with van der Waals surface area (Å²) >= 11 is 0. The van der Waals surface area contributed by atoms with Crippen molar-refractivity contribution >= 4 is 0 Å². The maximum Gasteiger partial charge on any atom is 0.0125 e. The number of hydrogen-bond acceptors (Lipinski definition) is 2. The van der Waals surface area contributed by atoms with Crippen LogP contribution in [0.5, 0.6) is 0 Å². The summed E-state index contributed by atoms with van der Waals surface area (Å²) in [5.74, 6) is 1.64. The quantitative estimate of drug-likeness (QED) is 0.651. The van der Waals surface area contributed by atoms with Crippen molar-refractivity contribution in [3.8, 4) is 0 Å². The normalized spacial score (nSPS) is 35.3. The first kappa shape index (κ1) is 8.30. The van der Waals surface area contributed by atoms with Crippen LogP contribution < -0.4 is 11.1 Å². The lowest BCUT2D eigenvalue weighted by Gasteiger charge is -2.07. The molecule has 3 N–H and O–H groups in total. The second-order valence-electron chi connectivity index (χ2n) is 4.59. The predicted molar refractivity (Wildman–Crippen MR) is 57.5 cm³/mol. The second kappa shape index (κ2) is 2.99. The zero-order valence-electron chi connectivity index (χ0n) is 8.29. The Labute approximate surface area is 84.6 Å². The summed E-state index contributed by atoms with van der Waals surface area (Å²) in [6.45, 7) is 2.37. The molecule has 0 amide bonds. The van der Waals surface area contributed by atoms with Crippen molar-refractivity contribution in [3.63, 3.8) is 0 Å². The van der Waals surface area contributed by atoms with Gasteiger partial charge in [0.15, 0.2) is 0 Å². The Hall–Kier alpha value is -1.02. The molecule has 3 aliphatic rings. The van der Waals surface area contributed by atoms with Crippen molar-refractivity contribution in [1.82, 2.24) is 5.32 Å². The standard InChI is InChI=1S/C12H16N2/c13-12-2-1-8(5-12)9-3-10-6-14-7-11(10)4-9/h1-3,10-11,14H,4-7,13H2. The average molecular weight is 188 g/mol. The lowest BCUT2D eigenvalue weighted by Crippen LogP contribution is -2.09. The van der Waals surface area contributed by atoms with Crippen molar-refractivity contribution in [2.75, 3.05) is 13.1 Å². The average Bonchev–Trinajstić information content (AvgIpc) is 2.75. The third-order valence-corrected chi connectivity index (χ3v) is 3.60. The van der Waals surface area contributed by atoms with Gasteiger partial charge in [-0.15, -0.1) is 0 Å².